The van der Waals surface area contributed by atoms with E-state index in [1.165, 1.54) is 0 Å². The topological polar surface area (TPSA) is 50.4 Å². The van der Waals surface area contributed by atoms with Crippen molar-refractivity contribution in [2.75, 3.05) is 19.7 Å². The Balaban J connectivity index is 0.00000200. The summed E-state index contributed by atoms with van der Waals surface area (Å²) in [5.41, 5.74) is 1.06. The maximum Gasteiger partial charge on any atom is 0.250 e. The third-order valence-electron chi connectivity index (χ3n) is 3.22. The zero-order chi connectivity index (χ0) is 13.7. The molecule has 0 spiro atoms. The molecule has 1 amide bonds. The second kappa shape index (κ2) is 8.47. The summed E-state index contributed by atoms with van der Waals surface area (Å²) >= 11 is 5.87. The lowest BCUT2D eigenvalue weighted by Crippen LogP contribution is -2.48. The summed E-state index contributed by atoms with van der Waals surface area (Å²) in [5, 5.41) is 6.87. The van der Waals surface area contributed by atoms with Crippen molar-refractivity contribution in [1.82, 2.24) is 10.6 Å². The summed E-state index contributed by atoms with van der Waals surface area (Å²) in [6.07, 6.45) is 0.433. The fourth-order valence-corrected chi connectivity index (χ4v) is 2.24. The molecule has 1 fully saturated rings. The summed E-state index contributed by atoms with van der Waals surface area (Å²) in [7, 11) is 0. The maximum absolute atomic E-state index is 12.1. The van der Waals surface area contributed by atoms with Crippen LogP contribution in [0.1, 0.15) is 24.9 Å². The molecule has 2 rings (SSSR count). The Hall–Kier alpha value is -0.810. The first-order chi connectivity index (χ1) is 9.20. The maximum atomic E-state index is 12.1. The number of nitrogens with one attached hydrogen (secondary N) is 2. The van der Waals surface area contributed by atoms with Gasteiger partial charge in [-0.15, -0.1) is 12.4 Å². The minimum Gasteiger partial charge on any atom is -0.366 e. The van der Waals surface area contributed by atoms with Gasteiger partial charge in [0.2, 0.25) is 0 Å². The van der Waals surface area contributed by atoms with Gasteiger partial charge in [0.05, 0.1) is 12.6 Å². The Morgan fingerprint density at radius 3 is 2.75 bits per heavy atom. The fourth-order valence-electron chi connectivity index (χ4n) is 2.11. The minimum absolute atomic E-state index is 0. The first-order valence-electron chi connectivity index (χ1n) is 6.59. The van der Waals surface area contributed by atoms with Crippen LogP contribution in [0.3, 0.4) is 0 Å². The Bertz CT molecular complexity index is 420. The van der Waals surface area contributed by atoms with Crippen LogP contribution in [0.25, 0.3) is 0 Å². The molecule has 1 aromatic rings. The van der Waals surface area contributed by atoms with Crippen molar-refractivity contribution >= 4 is 29.9 Å². The number of morpholine rings is 1. The Morgan fingerprint density at radius 2 is 2.20 bits per heavy atom. The molecule has 0 aromatic heterocycles. The van der Waals surface area contributed by atoms with Crippen molar-refractivity contribution in [1.29, 1.82) is 0 Å². The molecular weight excluding hydrogens is 299 g/mol. The molecule has 1 aliphatic heterocycles. The number of halogens is 2. The van der Waals surface area contributed by atoms with E-state index in [0.717, 1.165) is 18.5 Å². The zero-order valence-electron chi connectivity index (χ0n) is 11.4. The van der Waals surface area contributed by atoms with Crippen molar-refractivity contribution in [3.8, 4) is 0 Å². The predicted molar refractivity (Wildman–Crippen MR) is 82.5 cm³/mol. The fraction of sp³-hybridized carbons (Fsp3) is 0.500. The van der Waals surface area contributed by atoms with Gasteiger partial charge < -0.3 is 15.4 Å². The van der Waals surface area contributed by atoms with E-state index in [9.17, 15) is 4.79 Å². The van der Waals surface area contributed by atoms with Crippen LogP contribution in [0.2, 0.25) is 5.02 Å². The number of rotatable bonds is 4. The van der Waals surface area contributed by atoms with E-state index in [2.05, 4.69) is 10.6 Å². The van der Waals surface area contributed by atoms with E-state index in [4.69, 9.17) is 16.3 Å². The van der Waals surface area contributed by atoms with Gasteiger partial charge in [-0.1, -0.05) is 30.7 Å². The number of carbonyl (C=O) groups is 1. The minimum atomic E-state index is -0.393. The molecule has 112 valence electrons. The van der Waals surface area contributed by atoms with Crippen molar-refractivity contribution < 1.29 is 9.53 Å². The van der Waals surface area contributed by atoms with Crippen LogP contribution in [-0.2, 0) is 9.53 Å². The Kier molecular flexibility index (Phi) is 7.30. The molecule has 6 heteroatoms. The van der Waals surface area contributed by atoms with Gasteiger partial charge in [-0.2, -0.15) is 0 Å². The summed E-state index contributed by atoms with van der Waals surface area (Å²) in [4.78, 5) is 12.1. The molecule has 2 unspecified atom stereocenters. The van der Waals surface area contributed by atoms with Crippen LogP contribution in [0.4, 0.5) is 0 Å². The first kappa shape index (κ1) is 17.2. The van der Waals surface area contributed by atoms with Gasteiger partial charge in [0.25, 0.3) is 5.91 Å². The highest BCUT2D eigenvalue weighted by Gasteiger charge is 2.24. The summed E-state index contributed by atoms with van der Waals surface area (Å²) in [6, 6.07) is 7.55. The number of hydrogen-bond acceptors (Lipinski definition) is 3. The molecular formula is C14H20Cl2N2O2. The number of carbonyl (C=O) groups excluding carboxylic acids is 1. The second-order valence-electron chi connectivity index (χ2n) is 4.58. The van der Waals surface area contributed by atoms with E-state index in [0.29, 0.717) is 18.2 Å². The molecule has 0 aliphatic carbocycles. The number of amides is 1. The molecule has 0 radical (unpaired) electrons. The number of benzene rings is 1. The van der Waals surface area contributed by atoms with Crippen molar-refractivity contribution in [2.45, 2.75) is 25.5 Å². The molecule has 1 aliphatic rings. The monoisotopic (exact) mass is 318 g/mol. The molecule has 4 nitrogen and oxygen atoms in total. The van der Waals surface area contributed by atoms with Crippen molar-refractivity contribution in [2.24, 2.45) is 0 Å². The standard InChI is InChI=1S/C14H19ClN2O2.ClH/c1-2-12(10-3-5-11(15)6-4-10)17-14(18)13-9-16-7-8-19-13;/h3-6,12-13,16H,2,7-9H2,1H3,(H,17,18);1H. The van der Waals surface area contributed by atoms with E-state index in [1.54, 1.807) is 0 Å². The van der Waals surface area contributed by atoms with Crippen LogP contribution < -0.4 is 10.6 Å². The zero-order valence-corrected chi connectivity index (χ0v) is 13.0. The lowest BCUT2D eigenvalue weighted by Gasteiger charge is -2.25. The van der Waals surface area contributed by atoms with Crippen LogP contribution in [0.15, 0.2) is 24.3 Å². The van der Waals surface area contributed by atoms with Gasteiger partial charge in [-0.3, -0.25) is 4.79 Å². The molecule has 1 saturated heterocycles. The highest BCUT2D eigenvalue weighted by molar-refractivity contribution is 6.30. The predicted octanol–water partition coefficient (Wildman–Crippen LogP) is 2.32. The lowest BCUT2D eigenvalue weighted by molar-refractivity contribution is -0.135. The molecule has 0 bridgehead atoms. The van der Waals surface area contributed by atoms with Gasteiger partial charge in [0, 0.05) is 18.1 Å². The Labute approximate surface area is 130 Å². The van der Waals surface area contributed by atoms with Crippen molar-refractivity contribution in [3.05, 3.63) is 34.9 Å². The average molecular weight is 319 g/mol. The van der Waals surface area contributed by atoms with E-state index in [1.807, 2.05) is 31.2 Å². The first-order valence-corrected chi connectivity index (χ1v) is 6.96. The van der Waals surface area contributed by atoms with Crippen LogP contribution in [0, 0.1) is 0 Å². The SMILES string of the molecule is CCC(NC(=O)C1CNCCO1)c1ccc(Cl)cc1.Cl. The number of ether oxygens (including phenoxy) is 1. The third-order valence-corrected chi connectivity index (χ3v) is 3.47. The largest absolute Gasteiger partial charge is 0.366 e. The van der Waals surface area contributed by atoms with Gasteiger partial charge in [-0.05, 0) is 24.1 Å². The quantitative estimate of drug-likeness (QED) is 0.895. The molecule has 20 heavy (non-hydrogen) atoms. The Morgan fingerprint density at radius 1 is 1.50 bits per heavy atom. The lowest BCUT2D eigenvalue weighted by atomic mass is 10.0. The smallest absolute Gasteiger partial charge is 0.250 e. The van der Waals surface area contributed by atoms with Crippen molar-refractivity contribution in [3.63, 3.8) is 0 Å². The molecule has 0 saturated carbocycles. The van der Waals surface area contributed by atoms with Gasteiger partial charge in [0.15, 0.2) is 0 Å². The van der Waals surface area contributed by atoms with E-state index < -0.39 is 6.10 Å². The summed E-state index contributed by atoms with van der Waals surface area (Å²) in [6.45, 7) is 4.00. The molecule has 2 atom stereocenters. The molecule has 1 aromatic carbocycles. The molecule has 1 heterocycles. The van der Waals surface area contributed by atoms with Gasteiger partial charge in [0.1, 0.15) is 6.10 Å². The third kappa shape index (κ3) is 4.63. The summed E-state index contributed by atoms with van der Waals surface area (Å²) < 4.78 is 5.44. The van der Waals surface area contributed by atoms with Gasteiger partial charge in [-0.25, -0.2) is 0 Å². The molecule has 2 N–H and O–H groups in total. The van der Waals surface area contributed by atoms with E-state index in [-0.39, 0.29) is 24.4 Å². The van der Waals surface area contributed by atoms with Gasteiger partial charge >= 0.3 is 0 Å². The normalized spacial score (nSPS) is 19.8. The highest BCUT2D eigenvalue weighted by Crippen LogP contribution is 2.19. The number of hydrogen-bond donors (Lipinski definition) is 2. The second-order valence-corrected chi connectivity index (χ2v) is 5.02. The van der Waals surface area contributed by atoms with Crippen LogP contribution >= 0.6 is 24.0 Å². The van der Waals surface area contributed by atoms with E-state index >= 15 is 0 Å². The van der Waals surface area contributed by atoms with Crippen LogP contribution in [-0.4, -0.2) is 31.7 Å². The average Bonchev–Trinajstić information content (AvgIpc) is 2.46. The summed E-state index contributed by atoms with van der Waals surface area (Å²) in [5.74, 6) is -0.0611. The highest BCUT2D eigenvalue weighted by atomic mass is 35.5. The van der Waals surface area contributed by atoms with Crippen LogP contribution in [0.5, 0.6) is 0 Å².